The monoisotopic (exact) mass is 325 g/mol. The summed E-state index contributed by atoms with van der Waals surface area (Å²) in [6.45, 7) is 0. The number of amides is 1. The van der Waals surface area contributed by atoms with Crippen molar-refractivity contribution in [3.05, 3.63) is 64.9 Å². The van der Waals surface area contributed by atoms with Crippen LogP contribution in [0.4, 0.5) is 10.1 Å². The van der Waals surface area contributed by atoms with Gasteiger partial charge in [0.25, 0.3) is 0 Å². The lowest BCUT2D eigenvalue weighted by atomic mass is 10.2. The lowest BCUT2D eigenvalue weighted by molar-refractivity contribution is -0.113. The van der Waals surface area contributed by atoms with Crippen molar-refractivity contribution in [1.82, 2.24) is 0 Å². The van der Waals surface area contributed by atoms with Gasteiger partial charge in [0.15, 0.2) is 0 Å². The Morgan fingerprint density at radius 2 is 1.90 bits per heavy atom. The van der Waals surface area contributed by atoms with E-state index in [1.54, 1.807) is 30.3 Å². The van der Waals surface area contributed by atoms with Gasteiger partial charge in [-0.1, -0.05) is 29.8 Å². The fraction of sp³-hybridized carbons (Fsp3) is 0.133. The third-order valence-electron chi connectivity index (χ3n) is 2.64. The summed E-state index contributed by atoms with van der Waals surface area (Å²) in [5.74, 6) is -0.713. The van der Waals surface area contributed by atoms with E-state index in [9.17, 15) is 13.4 Å². The van der Waals surface area contributed by atoms with E-state index in [0.29, 0.717) is 10.7 Å². The Hall–Kier alpha value is -1.72. The molecule has 0 fully saturated rings. The van der Waals surface area contributed by atoms with Crippen LogP contribution in [0.2, 0.25) is 5.02 Å². The van der Waals surface area contributed by atoms with Gasteiger partial charge in [-0.2, -0.15) is 0 Å². The molecule has 0 aliphatic heterocycles. The van der Waals surface area contributed by atoms with Crippen molar-refractivity contribution in [2.75, 3.05) is 11.1 Å². The van der Waals surface area contributed by atoms with E-state index >= 15 is 0 Å². The second kappa shape index (κ2) is 7.33. The van der Waals surface area contributed by atoms with Crippen molar-refractivity contribution in [1.29, 1.82) is 0 Å². The highest BCUT2D eigenvalue weighted by molar-refractivity contribution is 7.84. The minimum Gasteiger partial charge on any atom is -0.325 e. The SMILES string of the molecule is O=C(CS(=O)Cc1ccc(Cl)cc1)Nc1cccc(F)c1. The minimum absolute atomic E-state index is 0.140. The van der Waals surface area contributed by atoms with Crippen molar-refractivity contribution in [2.24, 2.45) is 0 Å². The number of anilines is 1. The summed E-state index contributed by atoms with van der Waals surface area (Å²) in [5.41, 5.74) is 1.19. The summed E-state index contributed by atoms with van der Waals surface area (Å²) < 4.78 is 24.9. The van der Waals surface area contributed by atoms with Crippen molar-refractivity contribution in [3.63, 3.8) is 0 Å². The fourth-order valence-electron chi connectivity index (χ4n) is 1.73. The van der Waals surface area contributed by atoms with Gasteiger partial charge in [0.05, 0.1) is 0 Å². The average Bonchev–Trinajstić information content (AvgIpc) is 2.41. The highest BCUT2D eigenvalue weighted by Crippen LogP contribution is 2.12. The molecule has 0 saturated carbocycles. The predicted octanol–water partition coefficient (Wildman–Crippen LogP) is 3.37. The molecular formula is C15H13ClFNO2S. The Morgan fingerprint density at radius 3 is 2.57 bits per heavy atom. The van der Waals surface area contributed by atoms with Gasteiger partial charge in [0.1, 0.15) is 11.6 Å². The molecule has 1 amide bonds. The van der Waals surface area contributed by atoms with Crippen LogP contribution in [0, 0.1) is 5.82 Å². The topological polar surface area (TPSA) is 46.2 Å². The Bertz CT molecular complexity index is 661. The molecule has 21 heavy (non-hydrogen) atoms. The molecule has 0 radical (unpaired) electrons. The van der Waals surface area contributed by atoms with Gasteiger partial charge < -0.3 is 5.32 Å². The van der Waals surface area contributed by atoms with Gasteiger partial charge in [-0.15, -0.1) is 0 Å². The molecule has 2 aromatic rings. The largest absolute Gasteiger partial charge is 0.325 e. The molecule has 1 unspecified atom stereocenters. The Morgan fingerprint density at radius 1 is 1.19 bits per heavy atom. The van der Waals surface area contributed by atoms with Crippen molar-refractivity contribution in [3.8, 4) is 0 Å². The van der Waals surface area contributed by atoms with Gasteiger partial charge in [-0.3, -0.25) is 9.00 Å². The molecule has 1 atom stereocenters. The molecule has 1 N–H and O–H groups in total. The Kier molecular flexibility index (Phi) is 5.47. The van der Waals surface area contributed by atoms with Gasteiger partial charge in [-0.25, -0.2) is 4.39 Å². The maximum Gasteiger partial charge on any atom is 0.237 e. The molecule has 0 spiro atoms. The molecule has 0 bridgehead atoms. The lowest BCUT2D eigenvalue weighted by Gasteiger charge is -2.06. The first-order chi connectivity index (χ1) is 10.0. The number of halogens is 2. The molecule has 110 valence electrons. The minimum atomic E-state index is -1.34. The fourth-order valence-corrected chi connectivity index (χ4v) is 2.88. The second-order valence-electron chi connectivity index (χ2n) is 4.41. The van der Waals surface area contributed by atoms with Crippen molar-refractivity contribution < 1.29 is 13.4 Å². The zero-order valence-corrected chi connectivity index (χ0v) is 12.6. The maximum atomic E-state index is 13.0. The van der Waals surface area contributed by atoms with Crippen LogP contribution in [0.1, 0.15) is 5.56 Å². The summed E-state index contributed by atoms with van der Waals surface area (Å²) >= 11 is 5.76. The number of hydrogen-bond donors (Lipinski definition) is 1. The van der Waals surface area contributed by atoms with Gasteiger partial charge in [-0.05, 0) is 35.9 Å². The van der Waals surface area contributed by atoms with Crippen LogP contribution in [0.5, 0.6) is 0 Å². The maximum absolute atomic E-state index is 13.0. The van der Waals surface area contributed by atoms with Crippen LogP contribution in [0.15, 0.2) is 48.5 Å². The first-order valence-corrected chi connectivity index (χ1v) is 8.04. The summed E-state index contributed by atoms with van der Waals surface area (Å²) in [6.07, 6.45) is 0. The molecule has 2 aromatic carbocycles. The molecular weight excluding hydrogens is 313 g/mol. The number of carbonyl (C=O) groups is 1. The van der Waals surface area contributed by atoms with E-state index in [2.05, 4.69) is 5.32 Å². The second-order valence-corrected chi connectivity index (χ2v) is 6.31. The van der Waals surface area contributed by atoms with Crippen molar-refractivity contribution >= 4 is 34.0 Å². The third-order valence-corrected chi connectivity index (χ3v) is 4.13. The standard InChI is InChI=1S/C15H13ClFNO2S/c16-12-6-4-11(5-7-12)9-21(20)10-15(19)18-14-3-1-2-13(17)8-14/h1-8H,9-10H2,(H,18,19). The highest BCUT2D eigenvalue weighted by Gasteiger charge is 2.09. The number of nitrogens with one attached hydrogen (secondary N) is 1. The summed E-state index contributed by atoms with van der Waals surface area (Å²) in [5, 5.41) is 3.12. The van der Waals surface area contributed by atoms with E-state index in [1.165, 1.54) is 18.2 Å². The zero-order chi connectivity index (χ0) is 15.2. The van der Waals surface area contributed by atoms with Gasteiger partial charge in [0, 0.05) is 27.3 Å². The van der Waals surface area contributed by atoms with E-state index in [0.717, 1.165) is 5.56 Å². The van der Waals surface area contributed by atoms with Crippen LogP contribution >= 0.6 is 11.6 Å². The van der Waals surface area contributed by atoms with Crippen LogP contribution in [-0.2, 0) is 21.3 Å². The van der Waals surface area contributed by atoms with Crippen LogP contribution < -0.4 is 5.32 Å². The first-order valence-electron chi connectivity index (χ1n) is 6.18. The summed E-state index contributed by atoms with van der Waals surface area (Å²) in [7, 11) is -1.34. The molecule has 0 aromatic heterocycles. The first kappa shape index (κ1) is 15.7. The van der Waals surface area contributed by atoms with Crippen LogP contribution in [0.25, 0.3) is 0 Å². The van der Waals surface area contributed by atoms with Crippen LogP contribution in [-0.4, -0.2) is 15.9 Å². The molecule has 0 saturated heterocycles. The van der Waals surface area contributed by atoms with Crippen molar-refractivity contribution in [2.45, 2.75) is 5.75 Å². The third kappa shape index (κ3) is 5.28. The lowest BCUT2D eigenvalue weighted by Crippen LogP contribution is -2.20. The number of hydrogen-bond acceptors (Lipinski definition) is 2. The van der Waals surface area contributed by atoms with E-state index in [-0.39, 0.29) is 11.5 Å². The molecule has 0 aliphatic rings. The Balaban J connectivity index is 1.87. The van der Waals surface area contributed by atoms with E-state index in [1.807, 2.05) is 0 Å². The van der Waals surface area contributed by atoms with E-state index in [4.69, 9.17) is 11.6 Å². The number of rotatable bonds is 5. The molecule has 0 heterocycles. The zero-order valence-electron chi connectivity index (χ0n) is 11.0. The molecule has 0 aliphatic carbocycles. The summed E-state index contributed by atoms with van der Waals surface area (Å²) in [6, 6.07) is 12.5. The Labute approximate surface area is 129 Å². The normalized spacial score (nSPS) is 11.9. The van der Waals surface area contributed by atoms with Gasteiger partial charge in [0.2, 0.25) is 5.91 Å². The quantitative estimate of drug-likeness (QED) is 0.916. The number of carbonyl (C=O) groups excluding carboxylic acids is 1. The smallest absolute Gasteiger partial charge is 0.237 e. The molecule has 2 rings (SSSR count). The molecule has 3 nitrogen and oxygen atoms in total. The van der Waals surface area contributed by atoms with Gasteiger partial charge >= 0.3 is 0 Å². The van der Waals surface area contributed by atoms with Crippen LogP contribution in [0.3, 0.4) is 0 Å². The van der Waals surface area contributed by atoms with E-state index < -0.39 is 22.5 Å². The average molecular weight is 326 g/mol. The highest BCUT2D eigenvalue weighted by atomic mass is 35.5. The predicted molar refractivity (Wildman–Crippen MR) is 83.2 cm³/mol. The molecule has 6 heteroatoms. The number of benzene rings is 2. The summed E-state index contributed by atoms with van der Waals surface area (Å²) in [4.78, 5) is 11.7.